The van der Waals surface area contributed by atoms with E-state index in [0.717, 1.165) is 39.9 Å². The van der Waals surface area contributed by atoms with E-state index in [1.165, 1.54) is 29.8 Å². The van der Waals surface area contributed by atoms with Crippen LogP contribution in [0.25, 0.3) is 10.9 Å². The number of nitrogens with zero attached hydrogens (tertiary/aromatic N) is 1. The lowest BCUT2D eigenvalue weighted by atomic mass is 10.1. The number of aryl methyl sites for hydroxylation is 2. The molecule has 0 atom stereocenters. The van der Waals surface area contributed by atoms with Crippen molar-refractivity contribution in [3.8, 4) is 5.75 Å². The first-order valence-corrected chi connectivity index (χ1v) is 13.6. The monoisotopic (exact) mass is 524 g/mol. The van der Waals surface area contributed by atoms with Crippen molar-refractivity contribution in [1.29, 1.82) is 0 Å². The summed E-state index contributed by atoms with van der Waals surface area (Å²) in [4.78, 5) is 12.8. The number of nitrogens with one attached hydrogen (secondary N) is 1. The third-order valence-corrected chi connectivity index (χ3v) is 8.05. The minimum atomic E-state index is -3.99. The molecule has 6 nitrogen and oxygen atoms in total. The highest BCUT2D eigenvalue weighted by Gasteiger charge is 2.21. The van der Waals surface area contributed by atoms with Crippen LogP contribution in [0.5, 0.6) is 5.75 Å². The van der Waals surface area contributed by atoms with Crippen molar-refractivity contribution in [3.05, 3.63) is 94.1 Å². The number of ether oxygens (including phenoxy) is 1. The highest BCUT2D eigenvalue weighted by atomic mass is 35.5. The highest BCUT2D eigenvalue weighted by molar-refractivity contribution is 7.90. The summed E-state index contributed by atoms with van der Waals surface area (Å²) in [6, 6.07) is 19.6. The van der Waals surface area contributed by atoms with E-state index < -0.39 is 15.9 Å². The molecule has 1 N–H and O–H groups in total. The van der Waals surface area contributed by atoms with Gasteiger partial charge in [-0.3, -0.25) is 4.79 Å². The molecular weight excluding hydrogens is 496 g/mol. The summed E-state index contributed by atoms with van der Waals surface area (Å²) in [7, 11) is -3.99. The normalized spacial score (nSPS) is 11.6. The summed E-state index contributed by atoms with van der Waals surface area (Å²) in [5.74, 6) is 0.303. The summed E-state index contributed by atoms with van der Waals surface area (Å²) in [5, 5.41) is 1.35. The Morgan fingerprint density at radius 3 is 2.44 bits per heavy atom. The number of amides is 1. The predicted octanol–water partition coefficient (Wildman–Crippen LogP) is 5.74. The van der Waals surface area contributed by atoms with Crippen LogP contribution in [0.15, 0.2) is 71.6 Å². The van der Waals surface area contributed by atoms with E-state index in [2.05, 4.69) is 29.2 Å². The van der Waals surface area contributed by atoms with Crippen molar-refractivity contribution in [2.75, 3.05) is 6.61 Å². The van der Waals surface area contributed by atoms with Gasteiger partial charge in [0.1, 0.15) is 5.75 Å². The van der Waals surface area contributed by atoms with E-state index in [4.69, 9.17) is 16.3 Å². The number of halogens is 1. The Bertz CT molecular complexity index is 1510. The lowest BCUT2D eigenvalue weighted by Gasteiger charge is -2.12. The van der Waals surface area contributed by atoms with Gasteiger partial charge in [0.25, 0.3) is 10.0 Å². The molecule has 0 bridgehead atoms. The summed E-state index contributed by atoms with van der Waals surface area (Å²) in [5.41, 5.74) is 5.08. The van der Waals surface area contributed by atoms with E-state index >= 15 is 0 Å². The van der Waals surface area contributed by atoms with Gasteiger partial charge in [0.15, 0.2) is 0 Å². The Kier molecular flexibility index (Phi) is 7.71. The van der Waals surface area contributed by atoms with E-state index in [9.17, 15) is 13.2 Å². The molecule has 4 rings (SSSR count). The van der Waals surface area contributed by atoms with Crippen LogP contribution in [0.3, 0.4) is 0 Å². The molecule has 0 aliphatic rings. The van der Waals surface area contributed by atoms with E-state index in [-0.39, 0.29) is 11.3 Å². The van der Waals surface area contributed by atoms with E-state index in [1.54, 1.807) is 0 Å². The Balaban J connectivity index is 1.48. The second-order valence-corrected chi connectivity index (χ2v) is 10.9. The fourth-order valence-corrected chi connectivity index (χ4v) is 5.43. The molecule has 188 valence electrons. The number of carbonyl (C=O) groups excluding carboxylic acids is 1. The number of carbonyl (C=O) groups is 1. The average Bonchev–Trinajstić information content (AvgIpc) is 3.10. The number of hydrogen-bond acceptors (Lipinski definition) is 4. The van der Waals surface area contributed by atoms with Gasteiger partial charge in [-0.25, -0.2) is 13.1 Å². The van der Waals surface area contributed by atoms with Gasteiger partial charge in [0.05, 0.1) is 17.9 Å². The molecular formula is C28H29ClN2O4S. The van der Waals surface area contributed by atoms with Crippen molar-refractivity contribution in [1.82, 2.24) is 9.29 Å². The summed E-state index contributed by atoms with van der Waals surface area (Å²) in [6.07, 6.45) is 0.731. The molecule has 36 heavy (non-hydrogen) atoms. The maximum atomic E-state index is 12.8. The Labute approximate surface area is 216 Å². The van der Waals surface area contributed by atoms with Crippen molar-refractivity contribution in [3.63, 3.8) is 0 Å². The van der Waals surface area contributed by atoms with Crippen LogP contribution < -0.4 is 9.46 Å². The maximum absolute atomic E-state index is 12.8. The summed E-state index contributed by atoms with van der Waals surface area (Å²) >= 11 is 5.85. The molecule has 1 heterocycles. The van der Waals surface area contributed by atoms with Gasteiger partial charge in [-0.2, -0.15) is 0 Å². The number of hydrogen-bond donors (Lipinski definition) is 1. The molecule has 8 heteroatoms. The number of aromatic nitrogens is 1. The highest BCUT2D eigenvalue weighted by Crippen LogP contribution is 2.27. The number of benzene rings is 3. The van der Waals surface area contributed by atoms with Gasteiger partial charge >= 0.3 is 0 Å². The molecule has 0 fully saturated rings. The molecule has 4 aromatic rings. The first-order chi connectivity index (χ1) is 17.2. The van der Waals surface area contributed by atoms with Crippen LogP contribution in [0.1, 0.15) is 28.8 Å². The topological polar surface area (TPSA) is 77.4 Å². The molecule has 0 unspecified atom stereocenters. The molecule has 1 amide bonds. The quantitative estimate of drug-likeness (QED) is 0.283. The van der Waals surface area contributed by atoms with Crippen LogP contribution >= 0.6 is 11.6 Å². The Hall–Kier alpha value is -3.29. The molecule has 1 aromatic heterocycles. The first kappa shape index (κ1) is 25.8. The van der Waals surface area contributed by atoms with Crippen LogP contribution in [0.2, 0.25) is 5.02 Å². The van der Waals surface area contributed by atoms with Crippen LogP contribution in [0.4, 0.5) is 0 Å². The van der Waals surface area contributed by atoms with Crippen LogP contribution in [-0.4, -0.2) is 25.5 Å². The van der Waals surface area contributed by atoms with Crippen LogP contribution in [-0.2, 0) is 27.8 Å². The molecule has 0 saturated heterocycles. The molecule has 0 radical (unpaired) electrons. The SMILES string of the molecule is Cc1cccc(OCCCn2c(C)c(CC(=O)NS(=O)(=O)c3ccc(Cl)cc3)c3ccccc32)c1C. The second-order valence-electron chi connectivity index (χ2n) is 8.79. The first-order valence-electron chi connectivity index (χ1n) is 11.7. The number of fused-ring (bicyclic) bond motifs is 1. The van der Waals surface area contributed by atoms with Crippen molar-refractivity contribution < 1.29 is 17.9 Å². The standard InChI is InChI=1S/C28H29ClN2O4S/c1-19-8-6-11-27(20(19)2)35-17-7-16-31-21(3)25(24-9-4-5-10-26(24)31)18-28(32)30-36(33,34)23-14-12-22(29)13-15-23/h4-6,8-15H,7,16-18H2,1-3H3,(H,30,32). The lowest BCUT2D eigenvalue weighted by Crippen LogP contribution is -2.31. The smallest absolute Gasteiger partial charge is 0.264 e. The molecule has 0 aliphatic carbocycles. The minimum Gasteiger partial charge on any atom is -0.493 e. The summed E-state index contributed by atoms with van der Waals surface area (Å²) in [6.45, 7) is 7.35. The molecule has 0 aliphatic heterocycles. The van der Waals surface area contributed by atoms with E-state index in [1.807, 2.05) is 43.3 Å². The van der Waals surface area contributed by atoms with Crippen molar-refractivity contribution in [2.45, 2.75) is 45.1 Å². The largest absolute Gasteiger partial charge is 0.493 e. The second kappa shape index (κ2) is 10.8. The molecule has 3 aromatic carbocycles. The lowest BCUT2D eigenvalue weighted by molar-refractivity contribution is -0.118. The third kappa shape index (κ3) is 5.58. The predicted molar refractivity (Wildman–Crippen MR) is 143 cm³/mol. The summed E-state index contributed by atoms with van der Waals surface area (Å²) < 4.78 is 35.6. The molecule has 0 saturated carbocycles. The number of sulfonamides is 1. The molecule has 0 spiro atoms. The fraction of sp³-hybridized carbons (Fsp3) is 0.250. The van der Waals surface area contributed by atoms with Gasteiger partial charge in [-0.05, 0) is 80.3 Å². The number of rotatable bonds is 9. The van der Waals surface area contributed by atoms with Crippen LogP contribution in [0, 0.1) is 20.8 Å². The van der Waals surface area contributed by atoms with Crippen molar-refractivity contribution >= 4 is 38.4 Å². The van der Waals surface area contributed by atoms with Gasteiger partial charge in [-0.1, -0.05) is 41.9 Å². The van der Waals surface area contributed by atoms with Gasteiger partial charge in [0.2, 0.25) is 5.91 Å². The Morgan fingerprint density at radius 2 is 1.69 bits per heavy atom. The van der Waals surface area contributed by atoms with E-state index in [0.29, 0.717) is 18.2 Å². The van der Waals surface area contributed by atoms with Crippen molar-refractivity contribution in [2.24, 2.45) is 0 Å². The van der Waals surface area contributed by atoms with Gasteiger partial charge < -0.3 is 9.30 Å². The maximum Gasteiger partial charge on any atom is 0.264 e. The third-order valence-electron chi connectivity index (χ3n) is 6.41. The average molecular weight is 525 g/mol. The zero-order valence-electron chi connectivity index (χ0n) is 20.5. The Morgan fingerprint density at radius 1 is 0.972 bits per heavy atom. The zero-order valence-corrected chi connectivity index (χ0v) is 22.1. The zero-order chi connectivity index (χ0) is 25.9. The number of para-hydroxylation sites is 1. The van der Waals surface area contributed by atoms with Gasteiger partial charge in [-0.15, -0.1) is 0 Å². The fourth-order valence-electron chi connectivity index (χ4n) is 4.32. The minimum absolute atomic E-state index is 0.0109. The van der Waals surface area contributed by atoms with Gasteiger partial charge in [0, 0.05) is 28.2 Å².